The van der Waals surface area contributed by atoms with Crippen molar-refractivity contribution in [1.29, 1.82) is 5.41 Å². The van der Waals surface area contributed by atoms with Gasteiger partial charge in [0.15, 0.2) is 5.96 Å². The minimum Gasteiger partial charge on any atom is -0.370 e. The van der Waals surface area contributed by atoms with Gasteiger partial charge in [0.05, 0.1) is 0 Å². The molecule has 0 aromatic heterocycles. The molecule has 32 valence electrons. The van der Waals surface area contributed by atoms with Crippen molar-refractivity contribution in [3.8, 4) is 0 Å². The van der Waals surface area contributed by atoms with Gasteiger partial charge in [-0.15, -0.1) is 0 Å². The number of guanidine groups is 1. The van der Waals surface area contributed by atoms with E-state index in [1.165, 1.54) is 0 Å². The molecule has 5 heavy (non-hydrogen) atoms. The molecule has 0 aliphatic heterocycles. The fourth-order valence-electron chi connectivity index (χ4n) is 0. The van der Waals surface area contributed by atoms with Crippen molar-refractivity contribution >= 4 is 5.96 Å². The van der Waals surface area contributed by atoms with Gasteiger partial charge in [0.1, 0.15) is 0 Å². The fraction of sp³-hybridized carbons (Fsp3) is 0.500. The van der Waals surface area contributed by atoms with Gasteiger partial charge in [0.2, 0.25) is 0 Å². The molecule has 0 aliphatic rings. The van der Waals surface area contributed by atoms with Gasteiger partial charge in [-0.2, -0.15) is 0 Å². The Kier molecular flexibility index (Phi) is 5.79. The van der Waals surface area contributed by atoms with Crippen molar-refractivity contribution < 1.29 is 0 Å². The third kappa shape index (κ3) is 9.90. The maximum Gasteiger partial charge on any atom is 0.183 e. The Balaban J connectivity index is 0. The van der Waals surface area contributed by atoms with Crippen LogP contribution < -0.4 is 11.5 Å². The van der Waals surface area contributed by atoms with E-state index in [-0.39, 0.29) is 13.4 Å². The molecule has 0 rings (SSSR count). The highest BCUT2D eigenvalue weighted by atomic mass is 14.9. The Hall–Kier alpha value is -0.730. The third-order valence-corrected chi connectivity index (χ3v) is 0. The molecule has 0 spiro atoms. The van der Waals surface area contributed by atoms with Gasteiger partial charge in [-0.1, -0.05) is 7.43 Å². The molecule has 0 aliphatic carbocycles. The third-order valence-electron chi connectivity index (χ3n) is 0. The molecule has 0 saturated carbocycles. The highest BCUT2D eigenvalue weighted by Gasteiger charge is 1.52. The molecule has 0 fully saturated rings. The number of hydrogen-bond acceptors (Lipinski definition) is 1. The maximum absolute atomic E-state index is 6.06. The standard InChI is InChI=1S/CH5N3.CH4/c2-1(3)4;/h(H5,2,3,4);1H4. The molecule has 0 unspecified atom stereocenters. The van der Waals surface area contributed by atoms with Gasteiger partial charge >= 0.3 is 0 Å². The number of hydrogen-bond donors (Lipinski definition) is 3. The summed E-state index contributed by atoms with van der Waals surface area (Å²) in [7, 11) is 0. The van der Waals surface area contributed by atoms with Gasteiger partial charge in [0.25, 0.3) is 0 Å². The van der Waals surface area contributed by atoms with Crippen molar-refractivity contribution in [3.05, 3.63) is 0 Å². The van der Waals surface area contributed by atoms with E-state index < -0.39 is 0 Å². The second kappa shape index (κ2) is 3.27. The largest absolute Gasteiger partial charge is 0.370 e. The van der Waals surface area contributed by atoms with E-state index in [1.54, 1.807) is 0 Å². The summed E-state index contributed by atoms with van der Waals surface area (Å²) >= 11 is 0. The van der Waals surface area contributed by atoms with E-state index >= 15 is 0 Å². The summed E-state index contributed by atoms with van der Waals surface area (Å²) in [5.41, 5.74) is 8.94. The first kappa shape index (κ1) is 8.86. The Morgan fingerprint density at radius 3 is 1.40 bits per heavy atom. The van der Waals surface area contributed by atoms with E-state index in [1.807, 2.05) is 0 Å². The molecule has 0 amide bonds. The van der Waals surface area contributed by atoms with Gasteiger partial charge in [-0.25, -0.2) is 0 Å². The normalized spacial score (nSPS) is 4.80. The van der Waals surface area contributed by atoms with Gasteiger partial charge in [-0.3, -0.25) is 5.41 Å². The molecule has 3 nitrogen and oxygen atoms in total. The van der Waals surface area contributed by atoms with Crippen LogP contribution in [0.2, 0.25) is 0 Å². The predicted octanol–water partition coefficient (Wildman–Crippen LogP) is -0.525. The summed E-state index contributed by atoms with van der Waals surface area (Å²) in [5.74, 6) is -0.333. The van der Waals surface area contributed by atoms with Crippen LogP contribution in [0.15, 0.2) is 0 Å². The molecular formula is C2H9N3. The molecule has 0 heterocycles. The van der Waals surface area contributed by atoms with Crippen molar-refractivity contribution in [2.24, 2.45) is 11.5 Å². The lowest BCUT2D eigenvalue weighted by Gasteiger charge is -1.69. The summed E-state index contributed by atoms with van der Waals surface area (Å²) in [5, 5.41) is 6.06. The van der Waals surface area contributed by atoms with E-state index in [2.05, 4.69) is 11.5 Å². The van der Waals surface area contributed by atoms with Crippen LogP contribution in [0.4, 0.5) is 0 Å². The van der Waals surface area contributed by atoms with Crippen molar-refractivity contribution in [2.75, 3.05) is 0 Å². The van der Waals surface area contributed by atoms with Crippen LogP contribution in [0, 0.1) is 5.41 Å². The van der Waals surface area contributed by atoms with E-state index in [0.29, 0.717) is 0 Å². The first-order valence-corrected chi connectivity index (χ1v) is 0.827. The molecule has 0 radical (unpaired) electrons. The van der Waals surface area contributed by atoms with Crippen LogP contribution >= 0.6 is 0 Å². The van der Waals surface area contributed by atoms with Crippen molar-refractivity contribution in [2.45, 2.75) is 7.43 Å². The Labute approximate surface area is 31.5 Å². The van der Waals surface area contributed by atoms with Crippen LogP contribution in [0.25, 0.3) is 0 Å². The molecule has 0 aromatic carbocycles. The number of nitrogens with one attached hydrogen (secondary N) is 1. The zero-order chi connectivity index (χ0) is 3.58. The Morgan fingerprint density at radius 1 is 1.40 bits per heavy atom. The monoisotopic (exact) mass is 75.1 g/mol. The van der Waals surface area contributed by atoms with E-state index in [0.717, 1.165) is 0 Å². The minimum atomic E-state index is -0.333. The van der Waals surface area contributed by atoms with E-state index in [4.69, 9.17) is 5.41 Å². The molecule has 0 atom stereocenters. The number of rotatable bonds is 0. The molecule has 0 aromatic rings. The zero-order valence-corrected chi connectivity index (χ0v) is 2.15. The molecular weight excluding hydrogens is 66.0 g/mol. The highest BCUT2D eigenvalue weighted by molar-refractivity contribution is 5.71. The minimum absolute atomic E-state index is 0. The quantitative estimate of drug-likeness (QED) is 0.267. The summed E-state index contributed by atoms with van der Waals surface area (Å²) < 4.78 is 0. The number of nitrogens with two attached hydrogens (primary N) is 2. The topological polar surface area (TPSA) is 75.9 Å². The Morgan fingerprint density at radius 2 is 1.40 bits per heavy atom. The van der Waals surface area contributed by atoms with Crippen LogP contribution in [-0.2, 0) is 0 Å². The average Bonchev–Trinajstić information content (AvgIpc) is 0.811. The predicted molar refractivity (Wildman–Crippen MR) is 22.8 cm³/mol. The molecule has 0 saturated heterocycles. The second-order valence-electron chi connectivity index (χ2n) is 0.455. The Bertz CT molecular complexity index is 27.9. The van der Waals surface area contributed by atoms with Gasteiger partial charge < -0.3 is 11.5 Å². The van der Waals surface area contributed by atoms with Crippen LogP contribution in [-0.4, -0.2) is 5.96 Å². The summed E-state index contributed by atoms with van der Waals surface area (Å²) in [6, 6.07) is 0. The lowest BCUT2D eigenvalue weighted by molar-refractivity contribution is 1.39. The fourth-order valence-corrected chi connectivity index (χ4v) is 0. The first-order valence-electron chi connectivity index (χ1n) is 0.827. The molecule has 5 N–H and O–H groups in total. The summed E-state index contributed by atoms with van der Waals surface area (Å²) in [6.07, 6.45) is 0. The smallest absolute Gasteiger partial charge is 0.183 e. The summed E-state index contributed by atoms with van der Waals surface area (Å²) in [4.78, 5) is 0. The molecule has 3 heteroatoms. The second-order valence-corrected chi connectivity index (χ2v) is 0.455. The lowest BCUT2D eigenvalue weighted by atomic mass is 11.1. The zero-order valence-electron chi connectivity index (χ0n) is 2.15. The van der Waals surface area contributed by atoms with Crippen LogP contribution in [0.5, 0.6) is 0 Å². The SMILES string of the molecule is C.N=C(N)N. The maximum atomic E-state index is 6.06. The lowest BCUT2D eigenvalue weighted by Crippen LogP contribution is -2.20. The summed E-state index contributed by atoms with van der Waals surface area (Å²) in [6.45, 7) is 0. The van der Waals surface area contributed by atoms with E-state index in [9.17, 15) is 0 Å². The van der Waals surface area contributed by atoms with Crippen molar-refractivity contribution in [1.82, 2.24) is 0 Å². The van der Waals surface area contributed by atoms with Gasteiger partial charge in [0, 0.05) is 0 Å². The highest BCUT2D eigenvalue weighted by Crippen LogP contribution is 1.13. The first-order chi connectivity index (χ1) is 1.73. The van der Waals surface area contributed by atoms with Gasteiger partial charge in [-0.05, 0) is 0 Å². The van der Waals surface area contributed by atoms with Crippen LogP contribution in [0.1, 0.15) is 7.43 Å². The van der Waals surface area contributed by atoms with Crippen LogP contribution in [0.3, 0.4) is 0 Å². The van der Waals surface area contributed by atoms with Crippen molar-refractivity contribution in [3.63, 3.8) is 0 Å². The average molecular weight is 75.1 g/mol. The molecule has 0 bridgehead atoms.